The molecule has 0 aliphatic carbocycles. The van der Waals surface area contributed by atoms with E-state index in [-0.39, 0.29) is 0 Å². The van der Waals surface area contributed by atoms with Crippen LogP contribution in [0.15, 0.2) is 54.2 Å². The summed E-state index contributed by atoms with van der Waals surface area (Å²) in [5.41, 5.74) is 0.963. The first kappa shape index (κ1) is 14.0. The lowest BCUT2D eigenvalue weighted by atomic mass is 10.2. The maximum absolute atomic E-state index is 5.11. The SMILES string of the molecule is C=CN=C(/C=C\C(C)C)Nc1ccc(OC)cc1. The van der Waals surface area contributed by atoms with Gasteiger partial charge in [-0.15, -0.1) is 0 Å². The smallest absolute Gasteiger partial charge is 0.129 e. The molecule has 0 unspecified atom stereocenters. The molecule has 1 N–H and O–H groups in total. The first-order valence-electron chi connectivity index (χ1n) is 5.93. The Balaban J connectivity index is 2.77. The van der Waals surface area contributed by atoms with E-state index in [4.69, 9.17) is 4.74 Å². The van der Waals surface area contributed by atoms with E-state index in [1.54, 1.807) is 7.11 Å². The van der Waals surface area contributed by atoms with Gasteiger partial charge in [-0.1, -0.05) is 26.5 Å². The summed E-state index contributed by atoms with van der Waals surface area (Å²) in [5.74, 6) is 2.09. The summed E-state index contributed by atoms with van der Waals surface area (Å²) in [6.07, 6.45) is 5.56. The largest absolute Gasteiger partial charge is 0.497 e. The zero-order valence-corrected chi connectivity index (χ0v) is 11.2. The lowest BCUT2D eigenvalue weighted by Gasteiger charge is -2.07. The van der Waals surface area contributed by atoms with Gasteiger partial charge in [0.25, 0.3) is 0 Å². The summed E-state index contributed by atoms with van der Waals surface area (Å²) < 4.78 is 5.11. The van der Waals surface area contributed by atoms with Crippen molar-refractivity contribution in [3.8, 4) is 5.75 Å². The summed E-state index contributed by atoms with van der Waals surface area (Å²) >= 11 is 0. The molecule has 0 fully saturated rings. The highest BCUT2D eigenvalue weighted by molar-refractivity contribution is 6.04. The third kappa shape index (κ3) is 4.87. The fourth-order valence-corrected chi connectivity index (χ4v) is 1.32. The van der Waals surface area contributed by atoms with E-state index in [0.717, 1.165) is 17.3 Å². The van der Waals surface area contributed by atoms with Crippen LogP contribution in [0, 0.1) is 5.92 Å². The second-order valence-electron chi connectivity index (χ2n) is 4.15. The van der Waals surface area contributed by atoms with E-state index in [1.807, 2.05) is 30.3 Å². The molecule has 1 aromatic rings. The van der Waals surface area contributed by atoms with E-state index in [0.29, 0.717) is 5.92 Å². The van der Waals surface area contributed by atoms with Crippen molar-refractivity contribution in [1.82, 2.24) is 0 Å². The van der Waals surface area contributed by atoms with Crippen LogP contribution in [-0.4, -0.2) is 12.9 Å². The Labute approximate surface area is 109 Å². The van der Waals surface area contributed by atoms with Gasteiger partial charge in [0, 0.05) is 11.9 Å². The van der Waals surface area contributed by atoms with Gasteiger partial charge < -0.3 is 10.1 Å². The minimum atomic E-state index is 0.484. The fraction of sp³-hybridized carbons (Fsp3) is 0.267. The maximum Gasteiger partial charge on any atom is 0.129 e. The Hall–Kier alpha value is -2.03. The second-order valence-corrected chi connectivity index (χ2v) is 4.15. The molecule has 0 aromatic heterocycles. The summed E-state index contributed by atoms with van der Waals surface area (Å²) in [6, 6.07) is 7.70. The number of methoxy groups -OCH3 is 1. The minimum absolute atomic E-state index is 0.484. The van der Waals surface area contributed by atoms with Crippen molar-refractivity contribution < 1.29 is 4.74 Å². The number of hydrogen-bond acceptors (Lipinski definition) is 2. The molecule has 0 saturated carbocycles. The zero-order chi connectivity index (χ0) is 13.4. The molecular weight excluding hydrogens is 224 g/mol. The third-order valence-electron chi connectivity index (χ3n) is 2.23. The molecule has 0 spiro atoms. The molecule has 3 nitrogen and oxygen atoms in total. The number of anilines is 1. The van der Waals surface area contributed by atoms with E-state index >= 15 is 0 Å². The quantitative estimate of drug-likeness (QED) is 0.630. The molecule has 0 aliphatic heterocycles. The van der Waals surface area contributed by atoms with Crippen molar-refractivity contribution >= 4 is 11.5 Å². The van der Waals surface area contributed by atoms with Gasteiger partial charge in [-0.2, -0.15) is 0 Å². The van der Waals surface area contributed by atoms with Gasteiger partial charge in [0.05, 0.1) is 7.11 Å². The normalized spacial score (nSPS) is 11.9. The second kappa shape index (κ2) is 7.33. The molecule has 0 amide bonds. The van der Waals surface area contributed by atoms with Gasteiger partial charge in [0.2, 0.25) is 0 Å². The standard InChI is InChI=1S/C15H20N2O/c1-5-16-15(11-6-12(2)3)17-13-7-9-14(18-4)10-8-13/h5-12H,1H2,2-4H3,(H,16,17)/b11-6-. The molecule has 0 bridgehead atoms. The highest BCUT2D eigenvalue weighted by atomic mass is 16.5. The van der Waals surface area contributed by atoms with Crippen molar-refractivity contribution in [3.63, 3.8) is 0 Å². The molecule has 0 saturated heterocycles. The van der Waals surface area contributed by atoms with Crippen LogP contribution in [0.4, 0.5) is 5.69 Å². The lowest BCUT2D eigenvalue weighted by Crippen LogP contribution is -2.08. The number of hydrogen-bond donors (Lipinski definition) is 1. The van der Waals surface area contributed by atoms with Crippen LogP contribution in [0.2, 0.25) is 0 Å². The molecule has 1 aromatic carbocycles. The van der Waals surface area contributed by atoms with Crippen LogP contribution < -0.4 is 10.1 Å². The number of ether oxygens (including phenoxy) is 1. The van der Waals surface area contributed by atoms with Crippen LogP contribution in [0.25, 0.3) is 0 Å². The minimum Gasteiger partial charge on any atom is -0.497 e. The van der Waals surface area contributed by atoms with Gasteiger partial charge in [0.15, 0.2) is 0 Å². The van der Waals surface area contributed by atoms with Crippen molar-refractivity contribution in [2.24, 2.45) is 10.9 Å². The molecule has 0 aliphatic rings. The predicted octanol–water partition coefficient (Wildman–Crippen LogP) is 3.86. The van der Waals surface area contributed by atoms with Crippen LogP contribution in [0.1, 0.15) is 13.8 Å². The first-order chi connectivity index (χ1) is 8.65. The topological polar surface area (TPSA) is 33.6 Å². The summed E-state index contributed by atoms with van der Waals surface area (Å²) in [7, 11) is 1.65. The highest BCUT2D eigenvalue weighted by Crippen LogP contribution is 2.15. The Morgan fingerprint density at radius 3 is 2.50 bits per heavy atom. The number of nitrogens with one attached hydrogen (secondary N) is 1. The average molecular weight is 244 g/mol. The monoisotopic (exact) mass is 244 g/mol. The first-order valence-corrected chi connectivity index (χ1v) is 5.93. The Morgan fingerprint density at radius 1 is 1.33 bits per heavy atom. The van der Waals surface area contributed by atoms with E-state index < -0.39 is 0 Å². The van der Waals surface area contributed by atoms with Gasteiger partial charge >= 0.3 is 0 Å². The summed E-state index contributed by atoms with van der Waals surface area (Å²) in [6.45, 7) is 7.86. The number of amidine groups is 1. The summed E-state index contributed by atoms with van der Waals surface area (Å²) in [4.78, 5) is 4.19. The van der Waals surface area contributed by atoms with Crippen LogP contribution in [-0.2, 0) is 0 Å². The van der Waals surface area contributed by atoms with E-state index in [2.05, 4.69) is 36.8 Å². The molecule has 0 atom stereocenters. The number of allylic oxidation sites excluding steroid dienone is 1. The van der Waals surface area contributed by atoms with Crippen LogP contribution in [0.3, 0.4) is 0 Å². The van der Waals surface area contributed by atoms with Crippen molar-refractivity contribution in [1.29, 1.82) is 0 Å². The number of nitrogens with zero attached hydrogens (tertiary/aromatic N) is 1. The molecule has 1 rings (SSSR count). The van der Waals surface area contributed by atoms with E-state index in [1.165, 1.54) is 6.20 Å². The Morgan fingerprint density at radius 2 is 2.00 bits per heavy atom. The Bertz CT molecular complexity index is 430. The third-order valence-corrected chi connectivity index (χ3v) is 2.23. The van der Waals surface area contributed by atoms with Crippen molar-refractivity contribution in [2.45, 2.75) is 13.8 Å². The van der Waals surface area contributed by atoms with Crippen LogP contribution >= 0.6 is 0 Å². The zero-order valence-electron chi connectivity index (χ0n) is 11.2. The maximum atomic E-state index is 5.11. The van der Waals surface area contributed by atoms with E-state index in [9.17, 15) is 0 Å². The molecule has 96 valence electrons. The van der Waals surface area contributed by atoms with Crippen molar-refractivity contribution in [3.05, 3.63) is 49.2 Å². The molecule has 3 heteroatoms. The summed E-state index contributed by atoms with van der Waals surface area (Å²) in [5, 5.41) is 3.22. The molecular formula is C15H20N2O. The van der Waals surface area contributed by atoms with Crippen LogP contribution in [0.5, 0.6) is 5.75 Å². The molecule has 18 heavy (non-hydrogen) atoms. The fourth-order valence-electron chi connectivity index (χ4n) is 1.32. The van der Waals surface area contributed by atoms with Gasteiger partial charge in [-0.25, -0.2) is 4.99 Å². The van der Waals surface area contributed by atoms with Gasteiger partial charge in [-0.05, 0) is 36.3 Å². The average Bonchev–Trinajstić information content (AvgIpc) is 2.37. The van der Waals surface area contributed by atoms with Crippen molar-refractivity contribution in [2.75, 3.05) is 12.4 Å². The number of benzene rings is 1. The van der Waals surface area contributed by atoms with Gasteiger partial charge in [-0.3, -0.25) is 0 Å². The molecule has 0 heterocycles. The lowest BCUT2D eigenvalue weighted by molar-refractivity contribution is 0.415. The Kier molecular flexibility index (Phi) is 5.71. The highest BCUT2D eigenvalue weighted by Gasteiger charge is 1.97. The number of rotatable bonds is 5. The predicted molar refractivity (Wildman–Crippen MR) is 78.2 cm³/mol. The molecule has 0 radical (unpaired) electrons. The number of aliphatic imine (C=N–C) groups is 1. The van der Waals surface area contributed by atoms with Gasteiger partial charge in [0.1, 0.15) is 11.6 Å².